The van der Waals surface area contributed by atoms with Gasteiger partial charge in [0.1, 0.15) is 18.2 Å². The quantitative estimate of drug-likeness (QED) is 0.269. The summed E-state index contributed by atoms with van der Waals surface area (Å²) in [6.07, 6.45) is 4.42. The Morgan fingerprint density at radius 2 is 2.00 bits per heavy atom. The van der Waals surface area contributed by atoms with Crippen molar-refractivity contribution in [2.24, 2.45) is 11.3 Å². The second kappa shape index (κ2) is 14.3. The van der Waals surface area contributed by atoms with Gasteiger partial charge in [0.15, 0.2) is 0 Å². The molecule has 1 heterocycles. The average Bonchev–Trinajstić information content (AvgIpc) is 3.25. The molecule has 0 fully saturated rings. The Morgan fingerprint density at radius 3 is 2.71 bits per heavy atom. The molecule has 0 bridgehead atoms. The van der Waals surface area contributed by atoms with Crippen molar-refractivity contribution in [3.63, 3.8) is 0 Å². The molecule has 2 atom stereocenters. The van der Waals surface area contributed by atoms with E-state index in [2.05, 4.69) is 35.8 Å². The van der Waals surface area contributed by atoms with Crippen LogP contribution in [0.4, 0.5) is 4.39 Å². The van der Waals surface area contributed by atoms with Crippen LogP contribution in [-0.2, 0) is 22.4 Å². The van der Waals surface area contributed by atoms with E-state index in [9.17, 15) is 9.18 Å². The molecule has 1 aromatic heterocycles. The van der Waals surface area contributed by atoms with E-state index >= 15 is 0 Å². The third-order valence-corrected chi connectivity index (χ3v) is 7.66. The molecule has 2 aromatic carbocycles. The molecule has 210 valence electrons. The first kappa shape index (κ1) is 32.0. The van der Waals surface area contributed by atoms with Crippen LogP contribution in [0.3, 0.4) is 0 Å². The van der Waals surface area contributed by atoms with E-state index < -0.39 is 5.97 Å². The molecule has 2 N–H and O–H groups in total. The number of hydrogen-bond donors (Lipinski definition) is 2. The van der Waals surface area contributed by atoms with Gasteiger partial charge >= 0.3 is 5.97 Å². The molecule has 0 aliphatic heterocycles. The number of benzene rings is 2. The lowest BCUT2D eigenvalue weighted by atomic mass is 9.59. The number of imidazole rings is 1. The van der Waals surface area contributed by atoms with Crippen molar-refractivity contribution in [3.05, 3.63) is 65.2 Å². The summed E-state index contributed by atoms with van der Waals surface area (Å²) in [4.78, 5) is 21.6. The highest BCUT2D eigenvalue weighted by molar-refractivity contribution is 5.85. The molecule has 1 aliphatic carbocycles. The number of nitrogens with one attached hydrogen (secondary N) is 1. The fraction of sp³-hybridized carbons (Fsp3) is 0.517. The Bertz CT molecular complexity index is 1160. The lowest BCUT2D eigenvalue weighted by Crippen LogP contribution is -2.43. The minimum Gasteiger partial charge on any atom is -0.480 e. The number of nitrogens with zero attached hydrogens (tertiary/aromatic N) is 2. The van der Waals surface area contributed by atoms with Gasteiger partial charge in [0.2, 0.25) is 0 Å². The number of carboxylic acids is 1. The smallest absolute Gasteiger partial charge is 0.329 e. The zero-order valence-electron chi connectivity index (χ0n) is 22.4. The topological polar surface area (TPSA) is 78.5 Å². The molecule has 0 radical (unpaired) electrons. The predicted octanol–water partition coefficient (Wildman–Crippen LogP) is 6.27. The molecule has 6 nitrogen and oxygen atoms in total. The number of halogens is 3. The van der Waals surface area contributed by atoms with Gasteiger partial charge < -0.3 is 19.7 Å². The maximum Gasteiger partial charge on any atom is 0.329 e. The third kappa shape index (κ3) is 7.69. The fourth-order valence-electron chi connectivity index (χ4n) is 6.05. The number of carbonyl (C=O) groups is 1. The summed E-state index contributed by atoms with van der Waals surface area (Å²) in [7, 11) is 2.14. The number of aromatic amines is 1. The summed E-state index contributed by atoms with van der Waals surface area (Å²) < 4.78 is 19.7. The van der Waals surface area contributed by atoms with Crippen molar-refractivity contribution in [1.82, 2.24) is 14.9 Å². The van der Waals surface area contributed by atoms with Crippen LogP contribution in [0.1, 0.15) is 56.0 Å². The van der Waals surface area contributed by atoms with Crippen LogP contribution in [0.25, 0.3) is 11.0 Å². The van der Waals surface area contributed by atoms with Gasteiger partial charge in [-0.2, -0.15) is 0 Å². The summed E-state index contributed by atoms with van der Waals surface area (Å²) >= 11 is 0. The first-order valence-corrected chi connectivity index (χ1v) is 13.0. The number of aliphatic carboxylic acids is 1. The first-order valence-electron chi connectivity index (χ1n) is 13.0. The van der Waals surface area contributed by atoms with E-state index in [0.717, 1.165) is 67.6 Å². The van der Waals surface area contributed by atoms with Crippen LogP contribution < -0.4 is 0 Å². The first-order chi connectivity index (χ1) is 17.3. The maximum atomic E-state index is 14.0. The minimum atomic E-state index is -0.952. The highest BCUT2D eigenvalue weighted by Crippen LogP contribution is 2.52. The molecular weight excluding hydrogens is 528 g/mol. The van der Waals surface area contributed by atoms with Crippen molar-refractivity contribution in [1.29, 1.82) is 0 Å². The summed E-state index contributed by atoms with van der Waals surface area (Å²) in [6, 6.07) is 13.2. The second-order valence-electron chi connectivity index (χ2n) is 10.7. The number of ether oxygens (including phenoxy) is 1. The molecule has 4 rings (SSSR count). The molecule has 9 heteroatoms. The number of rotatable bonds is 12. The molecule has 3 aromatic rings. The molecule has 0 unspecified atom stereocenters. The van der Waals surface area contributed by atoms with Gasteiger partial charge in [-0.25, -0.2) is 14.2 Å². The standard InChI is InChI=1S/C29H38FN3O3.2ClH/c1-20(2)28-23-11-10-22(30)17-21(23)12-13-29(28,19-36-18-27(34)35)14-16-33(3)15-6-9-26-31-24-7-4-5-8-25(24)32-26;;/h4-5,7-8,10-11,17,20,28H,6,9,12-16,18-19H2,1-3H3,(H,31,32)(H,34,35);2*1H/t28-,29+;;/m0../s1. The van der Waals surface area contributed by atoms with E-state index in [1.54, 1.807) is 12.1 Å². The molecule has 0 saturated carbocycles. The summed E-state index contributed by atoms with van der Waals surface area (Å²) in [5.74, 6) is 0.363. The lowest BCUT2D eigenvalue weighted by Gasteiger charge is -2.48. The van der Waals surface area contributed by atoms with Crippen LogP contribution in [0.15, 0.2) is 42.5 Å². The normalized spacial score (nSPS) is 18.7. The van der Waals surface area contributed by atoms with Crippen LogP contribution in [0, 0.1) is 17.2 Å². The van der Waals surface area contributed by atoms with Crippen molar-refractivity contribution >= 4 is 41.8 Å². The monoisotopic (exact) mass is 567 g/mol. The molecule has 0 spiro atoms. The van der Waals surface area contributed by atoms with Crippen LogP contribution in [-0.4, -0.2) is 59.3 Å². The number of para-hydroxylation sites is 2. The summed E-state index contributed by atoms with van der Waals surface area (Å²) in [5.41, 5.74) is 4.13. The van der Waals surface area contributed by atoms with Gasteiger partial charge in [-0.05, 0) is 93.0 Å². The van der Waals surface area contributed by atoms with Gasteiger partial charge in [-0.1, -0.05) is 32.0 Å². The average molecular weight is 569 g/mol. The van der Waals surface area contributed by atoms with E-state index in [4.69, 9.17) is 9.84 Å². The Hall–Kier alpha value is -2.19. The lowest BCUT2D eigenvalue weighted by molar-refractivity contribution is -0.144. The zero-order valence-corrected chi connectivity index (χ0v) is 24.0. The molecule has 1 aliphatic rings. The predicted molar refractivity (Wildman–Crippen MR) is 154 cm³/mol. The highest BCUT2D eigenvalue weighted by atomic mass is 35.5. The van der Waals surface area contributed by atoms with Crippen molar-refractivity contribution in [2.75, 3.05) is 33.4 Å². The fourth-order valence-corrected chi connectivity index (χ4v) is 6.05. The number of aromatic nitrogens is 2. The highest BCUT2D eigenvalue weighted by Gasteiger charge is 2.44. The maximum absolute atomic E-state index is 14.0. The zero-order chi connectivity index (χ0) is 25.7. The molecular formula is C29H40Cl2FN3O3. The molecule has 38 heavy (non-hydrogen) atoms. The van der Waals surface area contributed by atoms with Gasteiger partial charge in [0, 0.05) is 11.8 Å². The number of hydrogen-bond acceptors (Lipinski definition) is 4. The number of carboxylic acid groups (broad SMARTS) is 1. The molecule has 0 amide bonds. The van der Waals surface area contributed by atoms with E-state index in [1.165, 1.54) is 5.56 Å². The Balaban J connectivity index is 0.00000253. The summed E-state index contributed by atoms with van der Waals surface area (Å²) in [5, 5.41) is 9.16. The van der Waals surface area contributed by atoms with Crippen molar-refractivity contribution in [3.8, 4) is 0 Å². The number of aryl methyl sites for hydroxylation is 2. The number of fused-ring (bicyclic) bond motifs is 2. The minimum absolute atomic E-state index is 0. The van der Waals surface area contributed by atoms with E-state index in [1.807, 2.05) is 30.3 Å². The Labute approximate surface area is 237 Å². The molecule has 0 saturated heterocycles. The second-order valence-corrected chi connectivity index (χ2v) is 10.7. The summed E-state index contributed by atoms with van der Waals surface area (Å²) in [6.45, 7) is 6.33. The Kier molecular flexibility index (Phi) is 12.0. The van der Waals surface area contributed by atoms with E-state index in [0.29, 0.717) is 12.5 Å². The third-order valence-electron chi connectivity index (χ3n) is 7.66. The van der Waals surface area contributed by atoms with Crippen molar-refractivity contribution < 1.29 is 19.0 Å². The van der Waals surface area contributed by atoms with Crippen LogP contribution >= 0.6 is 24.8 Å². The SMILES string of the molecule is CC(C)[C@H]1c2ccc(F)cc2CC[C@@]1(CCN(C)CCCc1nc2ccccc2[nH]1)COCC(=O)O.Cl.Cl. The van der Waals surface area contributed by atoms with Gasteiger partial charge in [0.25, 0.3) is 0 Å². The van der Waals surface area contributed by atoms with E-state index in [-0.39, 0.29) is 48.6 Å². The van der Waals surface area contributed by atoms with Gasteiger partial charge in [-0.15, -0.1) is 24.8 Å². The van der Waals surface area contributed by atoms with Crippen LogP contribution in [0.5, 0.6) is 0 Å². The van der Waals surface area contributed by atoms with Gasteiger partial charge in [-0.3, -0.25) is 0 Å². The van der Waals surface area contributed by atoms with Crippen LogP contribution in [0.2, 0.25) is 0 Å². The van der Waals surface area contributed by atoms with Crippen molar-refractivity contribution in [2.45, 2.75) is 51.9 Å². The van der Waals surface area contributed by atoms with Gasteiger partial charge in [0.05, 0.1) is 17.6 Å². The number of H-pyrrole nitrogens is 1. The largest absolute Gasteiger partial charge is 0.480 e. The Morgan fingerprint density at radius 1 is 1.24 bits per heavy atom.